The molecule has 3 aliphatic rings. The number of amides is 1. The number of nitrogens with two attached hydrogens (primary N) is 1. The Hall–Kier alpha value is -2.11. The van der Waals surface area contributed by atoms with Gasteiger partial charge in [-0.25, -0.2) is 4.99 Å². The Balaban J connectivity index is 0.000000249. The maximum absolute atomic E-state index is 11.1. The Bertz CT molecular complexity index is 1160. The summed E-state index contributed by atoms with van der Waals surface area (Å²) < 4.78 is 5.47. The molecule has 5 rings (SSSR count). The number of guanidine groups is 1. The summed E-state index contributed by atoms with van der Waals surface area (Å²) in [7, 11) is 1.76. The number of fused-ring (bicyclic) bond motifs is 2. The molecule has 196 valence electrons. The fourth-order valence-corrected chi connectivity index (χ4v) is 5.38. The van der Waals surface area contributed by atoms with E-state index < -0.39 is 6.10 Å². The maximum atomic E-state index is 11.1. The molecule has 0 fully saturated rings. The van der Waals surface area contributed by atoms with Crippen LogP contribution in [0.15, 0.2) is 47.5 Å². The Morgan fingerprint density at radius 1 is 1.16 bits per heavy atom. The summed E-state index contributed by atoms with van der Waals surface area (Å²) in [6.07, 6.45) is 4.56. The molecule has 0 bridgehead atoms. The molecular formula is C29H37N4O3U-. The van der Waals surface area contributed by atoms with Crippen LogP contribution in [0.2, 0.25) is 0 Å². The van der Waals surface area contributed by atoms with Crippen LogP contribution in [0, 0.1) is 37.7 Å². The first-order chi connectivity index (χ1) is 17.3. The van der Waals surface area contributed by atoms with Gasteiger partial charge in [-0.3, -0.25) is 16.7 Å². The molecule has 0 saturated carbocycles. The second-order valence-electron chi connectivity index (χ2n) is 9.91. The molecule has 2 unspecified atom stereocenters. The van der Waals surface area contributed by atoms with E-state index in [-0.39, 0.29) is 60.7 Å². The average Bonchev–Trinajstić information content (AvgIpc) is 3.43. The number of carbonyl (C=O) groups is 1. The number of ether oxygens (including phenoxy) is 1. The number of aliphatic hydroxyl groups is 1. The summed E-state index contributed by atoms with van der Waals surface area (Å²) in [5.74, 6) is 0.237. The minimum atomic E-state index is -0.451. The van der Waals surface area contributed by atoms with Crippen molar-refractivity contribution in [1.29, 1.82) is 0 Å². The van der Waals surface area contributed by atoms with E-state index in [1.54, 1.807) is 7.11 Å². The molecular weight excluding hydrogens is 690 g/mol. The number of aliphatic hydroxyl groups excluding tert-OH is 1. The van der Waals surface area contributed by atoms with Gasteiger partial charge < -0.3 is 20.9 Å². The quantitative estimate of drug-likeness (QED) is 0.342. The summed E-state index contributed by atoms with van der Waals surface area (Å²) in [4.78, 5) is 15.4. The molecule has 8 heteroatoms. The van der Waals surface area contributed by atoms with Gasteiger partial charge in [-0.2, -0.15) is 5.56 Å². The standard InChI is InChI=1S/C21H22NO2.C8H15N3O.U/c1-13(14-7-8-15-10-18(24-2)11-17(15)9-14)22-21-19-6-4-3-5-16(19)12-20(21)23;1-3-8(4-2)5-6(12)10-7(9)11-8;/h1,3-9,18,20-23H,10-12H2,2H3;3-5H2,1-2H3,(H3,9,10,11,12);/q-1;;/t18?,20-,21?;;/m1../s1. The topological polar surface area (TPSA) is 109 Å². The van der Waals surface area contributed by atoms with Gasteiger partial charge in [0.05, 0.1) is 30.2 Å². The van der Waals surface area contributed by atoms with Crippen LogP contribution in [-0.2, 0) is 28.8 Å². The van der Waals surface area contributed by atoms with Crippen LogP contribution in [0.3, 0.4) is 0 Å². The van der Waals surface area contributed by atoms with Crippen molar-refractivity contribution in [2.24, 2.45) is 10.7 Å². The molecule has 0 saturated heterocycles. The van der Waals surface area contributed by atoms with E-state index in [1.807, 2.05) is 32.0 Å². The summed E-state index contributed by atoms with van der Waals surface area (Å²) in [6.45, 7) is 10.4. The Morgan fingerprint density at radius 3 is 2.54 bits per heavy atom. The van der Waals surface area contributed by atoms with Gasteiger partial charge in [-0.15, -0.1) is 17.8 Å². The SMILES string of the molecule is CCC1(CC)CC(=O)NC(N)=N1.[CH-]=C(NC1c2ccccc2C[C@H]1O)c1ccc2c(c1)CC(OC)C2.[U]. The van der Waals surface area contributed by atoms with Crippen LogP contribution < -0.4 is 16.4 Å². The number of benzene rings is 2. The molecule has 7 nitrogen and oxygen atoms in total. The third-order valence-corrected chi connectivity index (χ3v) is 7.69. The normalized spacial score (nSPS) is 22.9. The first-order valence-electron chi connectivity index (χ1n) is 12.7. The number of methoxy groups -OCH3 is 1. The summed E-state index contributed by atoms with van der Waals surface area (Å²) in [5, 5.41) is 16.2. The number of aliphatic imine (C=N–C) groups is 1. The van der Waals surface area contributed by atoms with Crippen molar-refractivity contribution >= 4 is 17.6 Å². The number of rotatable bonds is 6. The molecule has 1 heterocycles. The van der Waals surface area contributed by atoms with Crippen LogP contribution in [0.4, 0.5) is 0 Å². The van der Waals surface area contributed by atoms with E-state index in [2.05, 4.69) is 39.9 Å². The van der Waals surface area contributed by atoms with E-state index in [9.17, 15) is 9.90 Å². The zero-order valence-electron chi connectivity index (χ0n) is 21.9. The van der Waals surface area contributed by atoms with Crippen molar-refractivity contribution < 1.29 is 45.8 Å². The van der Waals surface area contributed by atoms with Gasteiger partial charge >= 0.3 is 0 Å². The summed E-state index contributed by atoms with van der Waals surface area (Å²) in [6, 6.07) is 14.3. The maximum Gasteiger partial charge on any atom is 0.229 e. The van der Waals surface area contributed by atoms with Crippen molar-refractivity contribution in [2.45, 2.75) is 76.2 Å². The van der Waals surface area contributed by atoms with Crippen LogP contribution in [0.25, 0.3) is 5.70 Å². The number of hydrogen-bond donors (Lipinski definition) is 4. The van der Waals surface area contributed by atoms with Crippen LogP contribution in [-0.4, -0.2) is 41.8 Å². The van der Waals surface area contributed by atoms with Gasteiger partial charge in [-0.05, 0) is 42.4 Å². The summed E-state index contributed by atoms with van der Waals surface area (Å²) in [5.41, 5.74) is 11.8. The first-order valence-corrected chi connectivity index (χ1v) is 12.7. The molecule has 0 spiro atoms. The number of nitrogens with zero attached hydrogens (tertiary/aromatic N) is 1. The average molecular weight is 728 g/mol. The Kier molecular flexibility index (Phi) is 10.0. The molecule has 5 N–H and O–H groups in total. The second-order valence-corrected chi connectivity index (χ2v) is 9.91. The van der Waals surface area contributed by atoms with Crippen LogP contribution >= 0.6 is 0 Å². The number of nitrogens with one attached hydrogen (secondary N) is 2. The largest absolute Gasteiger partial charge is 0.409 e. The third-order valence-electron chi connectivity index (χ3n) is 7.69. The van der Waals surface area contributed by atoms with Crippen molar-refractivity contribution in [3.8, 4) is 0 Å². The van der Waals surface area contributed by atoms with Gasteiger partial charge in [0.15, 0.2) is 5.96 Å². The molecule has 0 aromatic heterocycles. The first kappa shape index (κ1) is 29.4. The molecule has 2 aromatic rings. The molecule has 1 amide bonds. The van der Waals surface area contributed by atoms with Crippen LogP contribution in [0.1, 0.15) is 67.0 Å². The zero-order valence-corrected chi connectivity index (χ0v) is 26.0. The predicted molar refractivity (Wildman–Crippen MR) is 142 cm³/mol. The number of hydrogen-bond acceptors (Lipinski definition) is 6. The monoisotopic (exact) mass is 727 g/mol. The fraction of sp³-hybridized carbons (Fsp3) is 0.448. The zero-order chi connectivity index (χ0) is 25.9. The van der Waals surface area contributed by atoms with E-state index in [0.717, 1.165) is 36.8 Å². The van der Waals surface area contributed by atoms with Crippen molar-refractivity contribution in [2.75, 3.05) is 7.11 Å². The van der Waals surface area contributed by atoms with E-state index in [4.69, 9.17) is 17.0 Å². The smallest absolute Gasteiger partial charge is 0.229 e. The minimum absolute atomic E-state index is 0. The van der Waals surface area contributed by atoms with Crippen molar-refractivity contribution in [3.63, 3.8) is 0 Å². The van der Waals surface area contributed by atoms with Gasteiger partial charge in [0.1, 0.15) is 0 Å². The second kappa shape index (κ2) is 12.6. The predicted octanol–water partition coefficient (Wildman–Crippen LogP) is 3.20. The van der Waals surface area contributed by atoms with E-state index in [1.165, 1.54) is 16.7 Å². The fourth-order valence-electron chi connectivity index (χ4n) is 5.38. The molecule has 37 heavy (non-hydrogen) atoms. The molecule has 1 aliphatic heterocycles. The Labute approximate surface area is 243 Å². The van der Waals surface area contributed by atoms with E-state index >= 15 is 0 Å². The molecule has 3 atom stereocenters. The third kappa shape index (κ3) is 6.67. The minimum Gasteiger partial charge on any atom is -0.409 e. The molecule has 2 aliphatic carbocycles. The molecule has 0 radical (unpaired) electrons. The van der Waals surface area contributed by atoms with Gasteiger partial charge in [0, 0.05) is 44.6 Å². The number of carbonyl (C=O) groups excluding carboxylic acids is 1. The summed E-state index contributed by atoms with van der Waals surface area (Å²) >= 11 is 0. The van der Waals surface area contributed by atoms with Crippen molar-refractivity contribution in [1.82, 2.24) is 10.6 Å². The van der Waals surface area contributed by atoms with Gasteiger partial charge in [0.2, 0.25) is 5.91 Å². The van der Waals surface area contributed by atoms with Gasteiger partial charge in [-0.1, -0.05) is 49.7 Å². The van der Waals surface area contributed by atoms with Crippen molar-refractivity contribution in [3.05, 3.63) is 76.9 Å². The van der Waals surface area contributed by atoms with Crippen LogP contribution in [0.5, 0.6) is 0 Å². The molecule has 2 aromatic carbocycles. The van der Waals surface area contributed by atoms with E-state index in [0.29, 0.717) is 18.5 Å². The Morgan fingerprint density at radius 2 is 1.86 bits per heavy atom. The van der Waals surface area contributed by atoms with Gasteiger partial charge in [0.25, 0.3) is 0 Å².